The van der Waals surface area contributed by atoms with Crippen molar-refractivity contribution in [3.05, 3.63) is 59.7 Å². The van der Waals surface area contributed by atoms with Crippen LogP contribution in [0.5, 0.6) is 0 Å². The van der Waals surface area contributed by atoms with Crippen LogP contribution in [0.3, 0.4) is 0 Å². The summed E-state index contributed by atoms with van der Waals surface area (Å²) in [5.74, 6) is -0.217. The minimum Gasteiger partial charge on any atom is -0.369 e. The van der Waals surface area contributed by atoms with Crippen molar-refractivity contribution in [2.45, 2.75) is 13.1 Å². The molecule has 1 heterocycles. The summed E-state index contributed by atoms with van der Waals surface area (Å²) in [6, 6.07) is 8.41. The maximum atomic E-state index is 12.8. The van der Waals surface area contributed by atoms with E-state index in [0.717, 1.165) is 16.8 Å². The number of anilines is 1. The molecule has 2 aromatic rings. The third kappa shape index (κ3) is 2.84. The topological polar surface area (TPSA) is 42.2 Å². The highest BCUT2D eigenvalue weighted by Crippen LogP contribution is 2.19. The Kier molecular flexibility index (Phi) is 3.89. The van der Waals surface area contributed by atoms with Gasteiger partial charge < -0.3 is 10.6 Å². The molecule has 2 rings (SSSR count). The molecule has 0 spiro atoms. The van der Waals surface area contributed by atoms with Crippen LogP contribution in [-0.2, 0) is 13.1 Å². The van der Waals surface area contributed by atoms with Crippen LogP contribution in [0.4, 0.5) is 10.1 Å². The molecular weight excluding hydrogens is 229 g/mol. The summed E-state index contributed by atoms with van der Waals surface area (Å²) in [4.78, 5) is 6.17. The molecule has 0 saturated carbocycles. The second-order valence-corrected chi connectivity index (χ2v) is 4.19. The van der Waals surface area contributed by atoms with Gasteiger partial charge in [0.05, 0.1) is 11.9 Å². The zero-order valence-corrected chi connectivity index (χ0v) is 10.3. The standard InChI is InChI=1S/C14H16FN3/c1-18(10-11-2-4-13(15)5-3-11)14-9-17-7-6-12(14)8-16/h2-7,9H,8,10,16H2,1H3. The fourth-order valence-electron chi connectivity index (χ4n) is 1.88. The molecular formula is C14H16FN3. The van der Waals surface area contributed by atoms with E-state index in [1.165, 1.54) is 12.1 Å². The summed E-state index contributed by atoms with van der Waals surface area (Å²) in [6.07, 6.45) is 3.53. The fourth-order valence-corrected chi connectivity index (χ4v) is 1.88. The lowest BCUT2D eigenvalue weighted by atomic mass is 10.1. The van der Waals surface area contributed by atoms with Crippen molar-refractivity contribution in [1.82, 2.24) is 4.98 Å². The molecule has 0 aliphatic rings. The molecule has 1 aromatic heterocycles. The van der Waals surface area contributed by atoms with Gasteiger partial charge in [-0.15, -0.1) is 0 Å². The Hall–Kier alpha value is -1.94. The van der Waals surface area contributed by atoms with Crippen molar-refractivity contribution in [3.63, 3.8) is 0 Å². The summed E-state index contributed by atoms with van der Waals surface area (Å²) in [6.45, 7) is 1.17. The molecule has 0 aliphatic carbocycles. The number of nitrogens with two attached hydrogens (primary N) is 1. The molecule has 4 heteroatoms. The monoisotopic (exact) mass is 245 g/mol. The van der Waals surface area contributed by atoms with Crippen LogP contribution in [0, 0.1) is 5.82 Å². The van der Waals surface area contributed by atoms with E-state index >= 15 is 0 Å². The number of hydrogen-bond donors (Lipinski definition) is 1. The van der Waals surface area contributed by atoms with Crippen LogP contribution in [-0.4, -0.2) is 12.0 Å². The van der Waals surface area contributed by atoms with Gasteiger partial charge in [-0.05, 0) is 29.3 Å². The quantitative estimate of drug-likeness (QED) is 0.898. The van der Waals surface area contributed by atoms with Gasteiger partial charge in [-0.1, -0.05) is 12.1 Å². The van der Waals surface area contributed by atoms with E-state index in [1.54, 1.807) is 24.5 Å². The number of rotatable bonds is 4. The third-order valence-corrected chi connectivity index (χ3v) is 2.85. The molecule has 2 N–H and O–H groups in total. The first-order valence-electron chi connectivity index (χ1n) is 5.79. The number of nitrogens with zero attached hydrogens (tertiary/aromatic N) is 2. The van der Waals surface area contributed by atoms with Crippen molar-refractivity contribution >= 4 is 5.69 Å². The highest BCUT2D eigenvalue weighted by Gasteiger charge is 2.07. The van der Waals surface area contributed by atoms with Gasteiger partial charge in [0.15, 0.2) is 0 Å². The van der Waals surface area contributed by atoms with E-state index < -0.39 is 0 Å². The second-order valence-electron chi connectivity index (χ2n) is 4.19. The smallest absolute Gasteiger partial charge is 0.123 e. The first-order chi connectivity index (χ1) is 8.70. The van der Waals surface area contributed by atoms with E-state index in [9.17, 15) is 4.39 Å². The zero-order valence-electron chi connectivity index (χ0n) is 10.3. The average molecular weight is 245 g/mol. The Morgan fingerprint density at radius 1 is 1.22 bits per heavy atom. The molecule has 0 radical (unpaired) electrons. The molecule has 94 valence electrons. The number of hydrogen-bond acceptors (Lipinski definition) is 3. The van der Waals surface area contributed by atoms with Gasteiger partial charge in [0.2, 0.25) is 0 Å². The molecule has 0 amide bonds. The normalized spacial score (nSPS) is 10.4. The molecule has 3 nitrogen and oxygen atoms in total. The summed E-state index contributed by atoms with van der Waals surface area (Å²) < 4.78 is 12.8. The minimum absolute atomic E-state index is 0.217. The number of benzene rings is 1. The van der Waals surface area contributed by atoms with E-state index in [-0.39, 0.29) is 5.82 Å². The van der Waals surface area contributed by atoms with Gasteiger partial charge in [0.1, 0.15) is 5.82 Å². The molecule has 0 aliphatic heterocycles. The molecule has 0 unspecified atom stereocenters. The second kappa shape index (κ2) is 5.60. The highest BCUT2D eigenvalue weighted by atomic mass is 19.1. The average Bonchev–Trinajstić information content (AvgIpc) is 2.41. The van der Waals surface area contributed by atoms with E-state index in [4.69, 9.17) is 5.73 Å². The van der Waals surface area contributed by atoms with Crippen LogP contribution in [0.25, 0.3) is 0 Å². The Labute approximate surface area is 106 Å². The van der Waals surface area contributed by atoms with Crippen LogP contribution in [0.2, 0.25) is 0 Å². The van der Waals surface area contributed by atoms with Crippen LogP contribution in [0.15, 0.2) is 42.7 Å². The van der Waals surface area contributed by atoms with E-state index in [2.05, 4.69) is 9.88 Å². The van der Waals surface area contributed by atoms with Gasteiger partial charge in [0, 0.05) is 26.3 Å². The maximum Gasteiger partial charge on any atom is 0.123 e. The lowest BCUT2D eigenvalue weighted by Gasteiger charge is -2.21. The largest absolute Gasteiger partial charge is 0.369 e. The molecule has 0 fully saturated rings. The first-order valence-corrected chi connectivity index (χ1v) is 5.79. The lowest BCUT2D eigenvalue weighted by molar-refractivity contribution is 0.627. The van der Waals surface area contributed by atoms with Crippen molar-refractivity contribution < 1.29 is 4.39 Å². The van der Waals surface area contributed by atoms with E-state index in [0.29, 0.717) is 13.1 Å². The number of halogens is 1. The summed E-state index contributed by atoms with van der Waals surface area (Å²) in [7, 11) is 1.97. The number of pyridine rings is 1. The van der Waals surface area contributed by atoms with Crippen molar-refractivity contribution in [3.8, 4) is 0 Å². The van der Waals surface area contributed by atoms with Gasteiger partial charge in [0.25, 0.3) is 0 Å². The Morgan fingerprint density at radius 2 is 1.94 bits per heavy atom. The lowest BCUT2D eigenvalue weighted by Crippen LogP contribution is -2.19. The highest BCUT2D eigenvalue weighted by molar-refractivity contribution is 5.51. The van der Waals surface area contributed by atoms with Gasteiger partial charge in [-0.25, -0.2) is 4.39 Å². The minimum atomic E-state index is -0.217. The Bertz CT molecular complexity index is 511. The fraction of sp³-hybridized carbons (Fsp3) is 0.214. The van der Waals surface area contributed by atoms with Crippen LogP contribution < -0.4 is 10.6 Å². The molecule has 0 saturated heterocycles. The summed E-state index contributed by atoms with van der Waals surface area (Å²) in [5.41, 5.74) is 8.80. The van der Waals surface area contributed by atoms with Crippen molar-refractivity contribution in [2.75, 3.05) is 11.9 Å². The van der Waals surface area contributed by atoms with Gasteiger partial charge in [-0.2, -0.15) is 0 Å². The SMILES string of the molecule is CN(Cc1ccc(F)cc1)c1cnccc1CN. The predicted octanol–water partition coefficient (Wildman–Crippen LogP) is 2.32. The van der Waals surface area contributed by atoms with E-state index in [1.807, 2.05) is 13.1 Å². The summed E-state index contributed by atoms with van der Waals surface area (Å²) >= 11 is 0. The predicted molar refractivity (Wildman–Crippen MR) is 70.6 cm³/mol. The molecule has 0 bridgehead atoms. The molecule has 18 heavy (non-hydrogen) atoms. The molecule has 1 aromatic carbocycles. The molecule has 0 atom stereocenters. The van der Waals surface area contributed by atoms with Crippen molar-refractivity contribution in [1.29, 1.82) is 0 Å². The van der Waals surface area contributed by atoms with Crippen LogP contribution in [0.1, 0.15) is 11.1 Å². The first kappa shape index (κ1) is 12.5. The van der Waals surface area contributed by atoms with Gasteiger partial charge in [-0.3, -0.25) is 4.98 Å². The maximum absolute atomic E-state index is 12.8. The zero-order chi connectivity index (χ0) is 13.0. The van der Waals surface area contributed by atoms with Crippen LogP contribution >= 0.6 is 0 Å². The Morgan fingerprint density at radius 3 is 2.61 bits per heavy atom. The van der Waals surface area contributed by atoms with Gasteiger partial charge >= 0.3 is 0 Å². The summed E-state index contributed by atoms with van der Waals surface area (Å²) in [5, 5.41) is 0. The Balaban J connectivity index is 2.16. The third-order valence-electron chi connectivity index (χ3n) is 2.85. The number of aromatic nitrogens is 1. The van der Waals surface area contributed by atoms with Crippen molar-refractivity contribution in [2.24, 2.45) is 5.73 Å².